The number of nitrogens with zero attached hydrogens (tertiary/aromatic N) is 1. The van der Waals surface area contributed by atoms with E-state index < -0.39 is 21.9 Å². The van der Waals surface area contributed by atoms with Gasteiger partial charge in [0, 0.05) is 0 Å². The van der Waals surface area contributed by atoms with Gasteiger partial charge in [0.2, 0.25) is 5.88 Å². The average Bonchev–Trinajstić information content (AvgIpc) is 2.74. The second-order valence-electron chi connectivity index (χ2n) is 4.85. The van der Waals surface area contributed by atoms with Crippen LogP contribution in [0.4, 0.5) is 4.39 Å². The Kier molecular flexibility index (Phi) is 3.83. The molecule has 0 fully saturated rings. The molecule has 6 nitrogen and oxygen atoms in total. The Morgan fingerprint density at radius 3 is 2.65 bits per heavy atom. The molecule has 2 N–H and O–H groups in total. The van der Waals surface area contributed by atoms with E-state index in [-0.39, 0.29) is 12.3 Å². The largest absolute Gasteiger partial charge is 0.493 e. The summed E-state index contributed by atoms with van der Waals surface area (Å²) in [6.07, 6.45) is 1.08. The predicted molar refractivity (Wildman–Crippen MR) is 81.2 cm³/mol. The van der Waals surface area contributed by atoms with Gasteiger partial charge in [-0.25, -0.2) is 9.11 Å². The number of hydrogen-bond donors (Lipinski definition) is 2. The number of benzene rings is 2. The fourth-order valence-corrected chi connectivity index (χ4v) is 3.09. The van der Waals surface area contributed by atoms with Crippen LogP contribution in [0.5, 0.6) is 11.5 Å². The lowest BCUT2D eigenvalue weighted by molar-refractivity contribution is 0.390. The molecule has 0 radical (unpaired) electrons. The molecule has 0 aliphatic carbocycles. The number of aliphatic hydroxyl groups is 1. The highest BCUT2D eigenvalue weighted by Gasteiger charge is 2.27. The third kappa shape index (κ3) is 3.37. The van der Waals surface area contributed by atoms with Gasteiger partial charge >= 0.3 is 10.2 Å². The summed E-state index contributed by atoms with van der Waals surface area (Å²) < 4.78 is 45.4. The van der Waals surface area contributed by atoms with Crippen LogP contribution in [0.3, 0.4) is 0 Å². The highest BCUT2D eigenvalue weighted by atomic mass is 32.2. The highest BCUT2D eigenvalue weighted by Crippen LogP contribution is 2.25. The third-order valence-electron chi connectivity index (χ3n) is 3.11. The van der Waals surface area contributed by atoms with Crippen LogP contribution in [0.25, 0.3) is 0 Å². The van der Waals surface area contributed by atoms with Crippen molar-refractivity contribution in [2.24, 2.45) is 0 Å². The number of hydrogen-bond acceptors (Lipinski definition) is 4. The zero-order chi connectivity index (χ0) is 16.4. The monoisotopic (exact) mass is 336 g/mol. The third-order valence-corrected chi connectivity index (χ3v) is 4.43. The molecule has 3 rings (SSSR count). The lowest BCUT2D eigenvalue weighted by atomic mass is 10.2. The Balaban J connectivity index is 1.80. The van der Waals surface area contributed by atoms with E-state index in [0.29, 0.717) is 11.3 Å². The first-order valence-electron chi connectivity index (χ1n) is 6.66. The molecule has 0 amide bonds. The fraction of sp³-hybridized carbons (Fsp3) is 0.0667. The van der Waals surface area contributed by atoms with E-state index in [4.69, 9.17) is 4.74 Å². The Morgan fingerprint density at radius 1 is 1.17 bits per heavy atom. The van der Waals surface area contributed by atoms with E-state index in [2.05, 4.69) is 0 Å². The van der Waals surface area contributed by atoms with E-state index in [1.54, 1.807) is 36.4 Å². The molecule has 0 saturated heterocycles. The number of nitrogens with one attached hydrogen (secondary N) is 1. The molecule has 120 valence electrons. The second-order valence-corrected chi connectivity index (χ2v) is 6.47. The Bertz CT molecular complexity index is 867. The van der Waals surface area contributed by atoms with Crippen LogP contribution in [-0.4, -0.2) is 17.8 Å². The molecular formula is C15H13FN2O4S. The minimum absolute atomic E-state index is 0.00780. The number of aliphatic hydroxyl groups excluding tert-OH is 1. The number of ether oxygens (including phenoxy) is 1. The molecule has 0 aromatic heterocycles. The van der Waals surface area contributed by atoms with E-state index in [9.17, 15) is 17.9 Å². The first-order valence-corrected chi connectivity index (χ1v) is 8.10. The lowest BCUT2D eigenvalue weighted by Gasteiger charge is -2.14. The summed E-state index contributed by atoms with van der Waals surface area (Å²) in [6, 6.07) is 12.6. The van der Waals surface area contributed by atoms with E-state index >= 15 is 0 Å². The smallest absolute Gasteiger partial charge is 0.326 e. The summed E-state index contributed by atoms with van der Waals surface area (Å²) >= 11 is 0. The summed E-state index contributed by atoms with van der Waals surface area (Å²) in [5, 5.41) is 9.26. The minimum Gasteiger partial charge on any atom is -0.493 e. The van der Waals surface area contributed by atoms with Crippen LogP contribution < -0.4 is 9.46 Å². The van der Waals surface area contributed by atoms with Gasteiger partial charge in [-0.3, -0.25) is 4.31 Å². The van der Waals surface area contributed by atoms with Crippen LogP contribution in [0.15, 0.2) is 60.6 Å². The van der Waals surface area contributed by atoms with Gasteiger partial charge in [0.05, 0.1) is 12.7 Å². The lowest BCUT2D eigenvalue weighted by Crippen LogP contribution is -2.29. The molecule has 2 aromatic carbocycles. The van der Waals surface area contributed by atoms with E-state index in [1.807, 2.05) is 4.72 Å². The van der Waals surface area contributed by atoms with Crippen molar-refractivity contribution in [2.45, 2.75) is 6.54 Å². The molecule has 8 heteroatoms. The maximum absolute atomic E-state index is 13.6. The molecule has 1 aliphatic rings. The van der Waals surface area contributed by atoms with Crippen molar-refractivity contribution in [3.05, 3.63) is 72.0 Å². The topological polar surface area (TPSA) is 78.9 Å². The van der Waals surface area contributed by atoms with Crippen LogP contribution in [0, 0.1) is 5.82 Å². The van der Waals surface area contributed by atoms with Gasteiger partial charge in [0.1, 0.15) is 5.75 Å². The summed E-state index contributed by atoms with van der Waals surface area (Å²) in [5.74, 6) is -0.469. The Morgan fingerprint density at radius 2 is 1.96 bits per heavy atom. The maximum Gasteiger partial charge on any atom is 0.326 e. The summed E-state index contributed by atoms with van der Waals surface area (Å²) in [4.78, 5) is 0. The van der Waals surface area contributed by atoms with Gasteiger partial charge in [-0.1, -0.05) is 24.3 Å². The number of halogens is 1. The molecule has 1 heterocycles. The highest BCUT2D eigenvalue weighted by molar-refractivity contribution is 7.87. The molecule has 2 aromatic rings. The zero-order valence-corrected chi connectivity index (χ0v) is 12.6. The van der Waals surface area contributed by atoms with Gasteiger partial charge in [-0.2, -0.15) is 8.42 Å². The zero-order valence-electron chi connectivity index (χ0n) is 11.8. The van der Waals surface area contributed by atoms with Gasteiger partial charge in [-0.15, -0.1) is 0 Å². The molecular weight excluding hydrogens is 323 g/mol. The van der Waals surface area contributed by atoms with Crippen LogP contribution in [0.2, 0.25) is 0 Å². The predicted octanol–water partition coefficient (Wildman–Crippen LogP) is 2.62. The molecule has 0 spiro atoms. The van der Waals surface area contributed by atoms with Crippen LogP contribution in [-0.2, 0) is 16.8 Å². The standard InChI is InChI=1S/C15H13FN2O4S/c16-13-6-1-2-7-14(13)22-12-5-3-4-11(8-12)9-18-10-15(19)17-23(18,20)21/h1-8,10,17,19H,9H2. The van der Waals surface area contributed by atoms with Crippen molar-refractivity contribution in [1.29, 1.82) is 0 Å². The molecule has 0 unspecified atom stereocenters. The SMILES string of the molecule is O=S1(=O)NC(O)=CN1Cc1cccc(Oc2ccccc2F)c1. The van der Waals surface area contributed by atoms with Crippen molar-refractivity contribution in [2.75, 3.05) is 0 Å². The summed E-state index contributed by atoms with van der Waals surface area (Å²) in [7, 11) is -3.77. The van der Waals surface area contributed by atoms with Crippen molar-refractivity contribution < 1.29 is 22.7 Å². The Hall–Kier alpha value is -2.74. The fourth-order valence-electron chi connectivity index (χ4n) is 2.10. The van der Waals surface area contributed by atoms with Crippen LogP contribution in [0.1, 0.15) is 5.56 Å². The van der Waals surface area contributed by atoms with Gasteiger partial charge < -0.3 is 9.84 Å². The molecule has 0 saturated carbocycles. The Labute approximate surface area is 132 Å². The normalized spacial score (nSPS) is 15.9. The van der Waals surface area contributed by atoms with E-state index in [0.717, 1.165) is 10.5 Å². The summed E-state index contributed by atoms with van der Waals surface area (Å²) in [5.41, 5.74) is 0.621. The van der Waals surface area contributed by atoms with Crippen molar-refractivity contribution in [3.8, 4) is 11.5 Å². The van der Waals surface area contributed by atoms with Gasteiger partial charge in [0.25, 0.3) is 0 Å². The molecule has 0 atom stereocenters. The molecule has 23 heavy (non-hydrogen) atoms. The number of rotatable bonds is 4. The average molecular weight is 336 g/mol. The van der Waals surface area contributed by atoms with Gasteiger partial charge in [0.15, 0.2) is 11.6 Å². The maximum atomic E-state index is 13.6. The van der Waals surface area contributed by atoms with E-state index in [1.165, 1.54) is 12.1 Å². The number of para-hydroxylation sites is 1. The first kappa shape index (κ1) is 15.2. The molecule has 1 aliphatic heterocycles. The molecule has 0 bridgehead atoms. The van der Waals surface area contributed by atoms with Gasteiger partial charge in [-0.05, 0) is 29.8 Å². The minimum atomic E-state index is -3.77. The van der Waals surface area contributed by atoms with Crippen molar-refractivity contribution >= 4 is 10.2 Å². The van der Waals surface area contributed by atoms with Crippen molar-refractivity contribution in [3.63, 3.8) is 0 Å². The first-order chi connectivity index (χ1) is 10.9. The second kappa shape index (κ2) is 5.81. The van der Waals surface area contributed by atoms with Crippen molar-refractivity contribution in [1.82, 2.24) is 9.03 Å². The quantitative estimate of drug-likeness (QED) is 0.900. The summed E-state index contributed by atoms with van der Waals surface area (Å²) in [6.45, 7) is 0.00780. The van der Waals surface area contributed by atoms with Crippen LogP contribution >= 0.6 is 0 Å².